The van der Waals surface area contributed by atoms with Crippen molar-refractivity contribution >= 4 is 69.3 Å². The Morgan fingerprint density at radius 3 is 1.26 bits per heavy atom. The Labute approximate surface area is 438 Å². The fourth-order valence-electron chi connectivity index (χ4n) is 6.03. The number of nitrogens with one attached hydrogen (secondary N) is 2. The Balaban J connectivity index is 0.00000121. The molecule has 0 fully saturated rings. The van der Waals surface area contributed by atoms with Gasteiger partial charge in [-0.05, 0) is 134 Å². The predicted octanol–water partition coefficient (Wildman–Crippen LogP) is 6.44. The minimum atomic E-state index is -1.15. The van der Waals surface area contributed by atoms with Crippen LogP contribution in [0.5, 0.6) is 23.0 Å². The van der Waals surface area contributed by atoms with Crippen LogP contribution in [0.4, 0.5) is 9.59 Å². The number of halogens is 2. The van der Waals surface area contributed by atoms with Crippen molar-refractivity contribution in [3.05, 3.63) is 113 Å². The number of hydrogen-bond donors (Lipinski definition) is 4. The van der Waals surface area contributed by atoms with Crippen molar-refractivity contribution in [3.8, 4) is 23.0 Å². The second-order valence-electron chi connectivity index (χ2n) is 16.5. The number of carbonyl (C=O) groups excluding carboxylic acids is 3. The Kier molecular flexibility index (Phi) is 28.8. The van der Waals surface area contributed by atoms with Crippen molar-refractivity contribution in [2.24, 2.45) is 0 Å². The van der Waals surface area contributed by atoms with Gasteiger partial charge in [0.25, 0.3) is 0 Å². The number of amides is 2. The topological polar surface area (TPSA) is 237 Å². The third-order valence-electron chi connectivity index (χ3n) is 8.75. The van der Waals surface area contributed by atoms with Crippen LogP contribution < -0.4 is 48.4 Å². The van der Waals surface area contributed by atoms with E-state index >= 15 is 0 Å². The number of hydrogen-bond acceptors (Lipinski definition) is 14. The van der Waals surface area contributed by atoms with Gasteiger partial charge in [0.2, 0.25) is 0 Å². The van der Waals surface area contributed by atoms with Gasteiger partial charge in [-0.15, -0.1) is 0 Å². The Bertz CT molecular complexity index is 2200. The van der Waals surface area contributed by atoms with Crippen LogP contribution in [-0.2, 0) is 54.7 Å². The molecule has 4 aromatic rings. The van der Waals surface area contributed by atoms with E-state index in [1.165, 1.54) is 14.2 Å². The van der Waals surface area contributed by atoms with Crippen LogP contribution in [-0.4, -0.2) is 91.7 Å². The minimum absolute atomic E-state index is 0. The molecule has 0 aliphatic carbocycles. The van der Waals surface area contributed by atoms with Crippen LogP contribution in [0, 0.1) is 21.0 Å². The van der Waals surface area contributed by atoms with Crippen molar-refractivity contribution in [2.75, 3.05) is 28.4 Å². The molecule has 17 nitrogen and oxygen atoms in total. The molecule has 0 spiro atoms. The van der Waals surface area contributed by atoms with E-state index in [9.17, 15) is 24.3 Å². The Morgan fingerprint density at radius 1 is 0.618 bits per heavy atom. The molecule has 2 amide bonds. The maximum atomic E-state index is 12.4. The number of rotatable bonds is 16. The first-order valence-corrected chi connectivity index (χ1v) is 22.7. The summed E-state index contributed by atoms with van der Waals surface area (Å²) < 4.78 is 40.2. The smallest absolute Gasteiger partial charge is 0.870 e. The summed E-state index contributed by atoms with van der Waals surface area (Å²) in [6, 6.07) is 21.2. The zero-order chi connectivity index (χ0) is 49.8. The second-order valence-corrected chi connectivity index (χ2v) is 18.6. The molecule has 20 heteroatoms. The average Bonchev–Trinajstić information content (AvgIpc) is 3.23. The van der Waals surface area contributed by atoms with Gasteiger partial charge in [0, 0.05) is 12.8 Å². The molecular formula is C48H63I2LiN2O15. The van der Waals surface area contributed by atoms with E-state index in [-0.39, 0.29) is 37.2 Å². The van der Waals surface area contributed by atoms with Gasteiger partial charge in [0.15, 0.2) is 23.0 Å². The first-order chi connectivity index (χ1) is 31.0. The molecule has 0 aliphatic rings. The average molecular weight is 1170 g/mol. The van der Waals surface area contributed by atoms with E-state index in [1.807, 2.05) is 86.6 Å². The number of carbonyl (C=O) groups is 4. The summed E-state index contributed by atoms with van der Waals surface area (Å²) in [6.45, 7) is 14.9. The standard InChI is InChI=1S/C24H30INO6.C23H28INO6.CH4O2.Li.H2O/c1-15-12-17(13-18(22(27)30-6)26-23(28)32-24(2,3)4)19(25)21(20(15)29-5)31-14-16-10-8-7-9-11-16;1-14-11-16(12-17(21(26)27)25-22(28)31-23(2,3)4)18(24)20(19(14)29-5)30-13-15-9-7-6-8-10-15;1-3-2;;/h7-12,18H,13-14H2,1-6H3,(H,26,28);6-11,17H,12-13H2,1-5H3,(H,25,28)(H,26,27);2H,1H3;;1H2/q;;;+1;/p-1. The molecule has 0 radical (unpaired) electrons. The van der Waals surface area contributed by atoms with E-state index in [0.29, 0.717) is 36.2 Å². The number of esters is 1. The SMILES string of the molecule is COC(=O)C(Cc1cc(C)c(OC)c(OCc2ccccc2)c1I)NC(=O)OC(C)(C)C.COO.COc1c(C)cc(CC(NC(=O)OC(C)(C)C)C(=O)O)c(I)c1OCc1ccccc1.[Li+].[OH-]. The molecule has 68 heavy (non-hydrogen) atoms. The van der Waals surface area contributed by atoms with Crippen molar-refractivity contribution in [3.63, 3.8) is 0 Å². The molecule has 2 atom stereocenters. The largest absolute Gasteiger partial charge is 1.00 e. The predicted molar refractivity (Wildman–Crippen MR) is 267 cm³/mol. The summed E-state index contributed by atoms with van der Waals surface area (Å²) in [6.07, 6.45) is -1.19. The molecule has 5 N–H and O–H groups in total. The normalized spacial score (nSPS) is 11.4. The molecule has 2 unspecified atom stereocenters. The van der Waals surface area contributed by atoms with E-state index in [2.05, 4.69) is 60.7 Å². The monoisotopic (exact) mass is 1170 g/mol. The second kappa shape index (κ2) is 30.9. The van der Waals surface area contributed by atoms with Crippen LogP contribution in [0.1, 0.15) is 74.9 Å². The van der Waals surface area contributed by atoms with Crippen LogP contribution in [0.3, 0.4) is 0 Å². The summed E-state index contributed by atoms with van der Waals surface area (Å²) in [7, 11) is 5.62. The molecule has 0 aromatic heterocycles. The summed E-state index contributed by atoms with van der Waals surface area (Å²) in [5.41, 5.74) is 3.81. The molecule has 0 heterocycles. The van der Waals surface area contributed by atoms with Gasteiger partial charge in [0.05, 0.1) is 35.6 Å². The van der Waals surface area contributed by atoms with E-state index in [4.69, 9.17) is 38.4 Å². The van der Waals surface area contributed by atoms with Crippen LogP contribution in [0.15, 0.2) is 72.8 Å². The quantitative estimate of drug-likeness (QED) is 0.0236. The number of alkyl carbamates (subject to hydrolysis) is 2. The van der Waals surface area contributed by atoms with E-state index in [1.54, 1.807) is 55.8 Å². The number of benzene rings is 4. The van der Waals surface area contributed by atoms with Gasteiger partial charge in [-0.2, -0.15) is 0 Å². The third kappa shape index (κ3) is 21.8. The van der Waals surface area contributed by atoms with Gasteiger partial charge < -0.3 is 54.4 Å². The van der Waals surface area contributed by atoms with Crippen molar-refractivity contribution in [1.29, 1.82) is 0 Å². The van der Waals surface area contributed by atoms with Crippen LogP contribution in [0.25, 0.3) is 0 Å². The molecule has 0 aliphatic heterocycles. The molecule has 0 saturated carbocycles. The van der Waals surface area contributed by atoms with Crippen molar-refractivity contribution in [2.45, 2.75) is 105 Å². The molecule has 370 valence electrons. The fourth-order valence-corrected chi connectivity index (χ4v) is 7.58. The van der Waals surface area contributed by atoms with Gasteiger partial charge in [-0.25, -0.2) is 24.1 Å². The van der Waals surface area contributed by atoms with Crippen molar-refractivity contribution in [1.82, 2.24) is 10.6 Å². The first kappa shape index (κ1) is 63.5. The number of ether oxygens (including phenoxy) is 7. The molecular weight excluding hydrogens is 1110 g/mol. The summed E-state index contributed by atoms with van der Waals surface area (Å²) in [4.78, 5) is 51.8. The maximum absolute atomic E-state index is 12.4. The Hall–Kier alpha value is -4.50. The van der Waals surface area contributed by atoms with E-state index < -0.39 is 47.4 Å². The minimum Gasteiger partial charge on any atom is -0.870 e. The zero-order valence-electron chi connectivity index (χ0n) is 40.9. The summed E-state index contributed by atoms with van der Waals surface area (Å²) >= 11 is 4.29. The molecule has 0 bridgehead atoms. The van der Waals surface area contributed by atoms with Gasteiger partial charge in [0.1, 0.15) is 36.5 Å². The molecule has 4 rings (SSSR count). The van der Waals surface area contributed by atoms with Crippen LogP contribution >= 0.6 is 45.2 Å². The van der Waals surface area contributed by atoms with E-state index in [0.717, 1.165) is 40.5 Å². The van der Waals surface area contributed by atoms with Crippen LogP contribution in [0.2, 0.25) is 0 Å². The third-order valence-corrected chi connectivity index (χ3v) is 11.1. The van der Waals surface area contributed by atoms with Gasteiger partial charge in [-0.1, -0.05) is 72.8 Å². The van der Waals surface area contributed by atoms with Crippen molar-refractivity contribution < 1.29 is 91.9 Å². The number of aliphatic carboxylic acids is 1. The zero-order valence-corrected chi connectivity index (χ0v) is 45.2. The number of aryl methyl sites for hydroxylation is 2. The summed E-state index contributed by atoms with van der Waals surface area (Å²) in [5, 5.41) is 21.8. The number of carboxylic acids is 1. The fraction of sp³-hybridized carbons (Fsp3) is 0.417. The first-order valence-electron chi connectivity index (χ1n) is 20.5. The van der Waals surface area contributed by atoms with Gasteiger partial charge >= 0.3 is 43.0 Å². The van der Waals surface area contributed by atoms with Gasteiger partial charge in [-0.3, -0.25) is 5.26 Å². The maximum Gasteiger partial charge on any atom is 1.00 e. The molecule has 4 aromatic carbocycles. The summed E-state index contributed by atoms with van der Waals surface area (Å²) in [5.74, 6) is 0.643. The Morgan fingerprint density at radius 2 is 0.956 bits per heavy atom. The molecule has 0 saturated heterocycles. The number of carboxylic acid groups (broad SMARTS) is 1. The number of methoxy groups -OCH3 is 3.